The molecule has 118 valence electrons. The molecule has 2 aromatic rings. The second kappa shape index (κ2) is 6.12. The van der Waals surface area contributed by atoms with Gasteiger partial charge < -0.3 is 15.2 Å². The topological polar surface area (TPSA) is 75.6 Å². The number of benzene rings is 2. The molecular weight excluding hydrogens is 294 g/mol. The smallest absolute Gasteiger partial charge is 0.330 e. The van der Waals surface area contributed by atoms with Crippen molar-refractivity contribution in [3.63, 3.8) is 0 Å². The lowest BCUT2D eigenvalue weighted by molar-refractivity contribution is -0.143. The molecule has 2 atom stereocenters. The highest BCUT2D eigenvalue weighted by Crippen LogP contribution is 2.51. The van der Waals surface area contributed by atoms with Gasteiger partial charge >= 0.3 is 5.97 Å². The van der Waals surface area contributed by atoms with E-state index in [9.17, 15) is 14.7 Å². The van der Waals surface area contributed by atoms with Crippen LogP contribution in [0.25, 0.3) is 0 Å². The number of aliphatic carboxylic acids is 1. The van der Waals surface area contributed by atoms with Gasteiger partial charge in [0.2, 0.25) is 0 Å². The first-order valence-electron chi connectivity index (χ1n) is 7.39. The fourth-order valence-electron chi connectivity index (χ4n) is 2.73. The van der Waals surface area contributed by atoms with Crippen molar-refractivity contribution in [2.45, 2.75) is 17.9 Å². The van der Waals surface area contributed by atoms with Gasteiger partial charge in [-0.2, -0.15) is 0 Å². The van der Waals surface area contributed by atoms with E-state index in [2.05, 4.69) is 5.32 Å². The summed E-state index contributed by atoms with van der Waals surface area (Å²) < 4.78 is 5.36. The first kappa shape index (κ1) is 15.1. The van der Waals surface area contributed by atoms with E-state index in [1.54, 1.807) is 24.3 Å². The average Bonchev–Trinajstić information content (AvgIpc) is 3.30. The number of rotatable bonds is 6. The molecule has 0 saturated heterocycles. The second-order valence-electron chi connectivity index (χ2n) is 5.59. The number of ether oxygens (including phenoxy) is 1. The van der Waals surface area contributed by atoms with Gasteiger partial charge in [0.25, 0.3) is 5.91 Å². The summed E-state index contributed by atoms with van der Waals surface area (Å²) in [6.07, 6.45) is 0.392. The molecule has 0 aliphatic heterocycles. The highest BCUT2D eigenvalue weighted by atomic mass is 16.5. The van der Waals surface area contributed by atoms with E-state index >= 15 is 0 Å². The molecule has 1 aliphatic rings. The zero-order valence-electron chi connectivity index (χ0n) is 12.4. The van der Waals surface area contributed by atoms with E-state index in [4.69, 9.17) is 4.74 Å². The van der Waals surface area contributed by atoms with Crippen LogP contribution in [-0.4, -0.2) is 29.1 Å². The second-order valence-corrected chi connectivity index (χ2v) is 5.59. The number of amides is 1. The molecule has 5 heteroatoms. The van der Waals surface area contributed by atoms with Crippen molar-refractivity contribution in [1.82, 2.24) is 5.32 Å². The van der Waals surface area contributed by atoms with Gasteiger partial charge in [-0.3, -0.25) is 4.79 Å². The van der Waals surface area contributed by atoms with Crippen LogP contribution < -0.4 is 10.1 Å². The van der Waals surface area contributed by atoms with Crippen molar-refractivity contribution in [2.24, 2.45) is 0 Å². The number of carboxylic acid groups (broad SMARTS) is 1. The van der Waals surface area contributed by atoms with Crippen LogP contribution in [0, 0.1) is 0 Å². The number of carboxylic acids is 1. The Balaban J connectivity index is 1.63. The van der Waals surface area contributed by atoms with Crippen LogP contribution in [0.1, 0.15) is 17.9 Å². The maximum atomic E-state index is 12.1. The number of carbonyl (C=O) groups excluding carboxylic acids is 1. The molecule has 2 aromatic carbocycles. The summed E-state index contributed by atoms with van der Waals surface area (Å²) in [5.74, 6) is -1.08. The van der Waals surface area contributed by atoms with Crippen molar-refractivity contribution in [1.29, 1.82) is 0 Å². The third-order valence-corrected chi connectivity index (χ3v) is 4.02. The van der Waals surface area contributed by atoms with E-state index in [1.165, 1.54) is 0 Å². The first-order valence-corrected chi connectivity index (χ1v) is 7.39. The molecule has 0 radical (unpaired) electrons. The molecule has 5 nitrogen and oxygen atoms in total. The minimum atomic E-state index is -1.22. The lowest BCUT2D eigenvalue weighted by Crippen LogP contribution is -2.46. The van der Waals surface area contributed by atoms with Crippen molar-refractivity contribution in [3.05, 3.63) is 66.2 Å². The molecular formula is C18H17NO4. The van der Waals surface area contributed by atoms with Gasteiger partial charge in [0.1, 0.15) is 11.3 Å². The summed E-state index contributed by atoms with van der Waals surface area (Å²) in [5, 5.41) is 12.1. The monoisotopic (exact) mass is 311 g/mol. The SMILES string of the molecule is O=C(COc1ccccc1)NC1(C(=O)O)CC1c1ccccc1. The molecule has 0 bridgehead atoms. The van der Waals surface area contributed by atoms with E-state index in [-0.39, 0.29) is 12.5 Å². The standard InChI is InChI=1S/C18H17NO4/c20-16(12-23-14-9-5-2-6-10-14)19-18(17(21)22)11-15(18)13-7-3-1-4-8-13/h1-10,15H,11-12H2,(H,19,20)(H,21,22). The van der Waals surface area contributed by atoms with Gasteiger partial charge in [0.05, 0.1) is 0 Å². The van der Waals surface area contributed by atoms with Gasteiger partial charge in [0.15, 0.2) is 6.61 Å². The minimum absolute atomic E-state index is 0.207. The minimum Gasteiger partial charge on any atom is -0.484 e. The summed E-state index contributed by atoms with van der Waals surface area (Å²) in [6, 6.07) is 18.3. The molecule has 2 N–H and O–H groups in total. The average molecular weight is 311 g/mol. The maximum Gasteiger partial charge on any atom is 0.330 e. The highest BCUT2D eigenvalue weighted by Gasteiger charge is 2.62. The molecule has 0 heterocycles. The van der Waals surface area contributed by atoms with Crippen molar-refractivity contribution in [2.75, 3.05) is 6.61 Å². The first-order chi connectivity index (χ1) is 11.1. The summed E-state index contributed by atoms with van der Waals surface area (Å²) in [4.78, 5) is 23.7. The number of para-hydroxylation sites is 1. The van der Waals surface area contributed by atoms with Crippen molar-refractivity contribution >= 4 is 11.9 Å². The fraction of sp³-hybridized carbons (Fsp3) is 0.222. The van der Waals surface area contributed by atoms with Crippen LogP contribution in [0.4, 0.5) is 0 Å². The molecule has 2 unspecified atom stereocenters. The molecule has 1 amide bonds. The summed E-state index contributed by atoms with van der Waals surface area (Å²) in [6.45, 7) is -0.208. The van der Waals surface area contributed by atoms with Crippen LogP contribution in [0.15, 0.2) is 60.7 Å². The fourth-order valence-corrected chi connectivity index (χ4v) is 2.73. The molecule has 23 heavy (non-hydrogen) atoms. The van der Waals surface area contributed by atoms with Crippen molar-refractivity contribution in [3.8, 4) is 5.75 Å². The van der Waals surface area contributed by atoms with Crippen LogP contribution >= 0.6 is 0 Å². The van der Waals surface area contributed by atoms with Crippen LogP contribution in [-0.2, 0) is 9.59 Å². The molecule has 0 spiro atoms. The molecule has 1 saturated carbocycles. The third-order valence-electron chi connectivity index (χ3n) is 4.02. The Morgan fingerprint density at radius 2 is 1.70 bits per heavy atom. The number of carbonyl (C=O) groups is 2. The quantitative estimate of drug-likeness (QED) is 0.857. The third kappa shape index (κ3) is 3.18. The van der Waals surface area contributed by atoms with Gasteiger partial charge in [-0.15, -0.1) is 0 Å². The Morgan fingerprint density at radius 1 is 1.09 bits per heavy atom. The zero-order valence-corrected chi connectivity index (χ0v) is 12.4. The van der Waals surface area contributed by atoms with E-state index in [1.807, 2.05) is 36.4 Å². The summed E-state index contributed by atoms with van der Waals surface area (Å²) in [7, 11) is 0. The lowest BCUT2D eigenvalue weighted by Gasteiger charge is -2.15. The Labute approximate surface area is 133 Å². The zero-order chi connectivity index (χ0) is 16.3. The molecule has 0 aromatic heterocycles. The van der Waals surface area contributed by atoms with E-state index < -0.39 is 17.4 Å². The van der Waals surface area contributed by atoms with Gasteiger partial charge in [-0.25, -0.2) is 4.79 Å². The van der Waals surface area contributed by atoms with E-state index in [0.29, 0.717) is 12.2 Å². The summed E-state index contributed by atoms with van der Waals surface area (Å²) >= 11 is 0. The number of hydrogen-bond donors (Lipinski definition) is 2. The van der Waals surface area contributed by atoms with Gasteiger partial charge in [-0.05, 0) is 24.1 Å². The van der Waals surface area contributed by atoms with Gasteiger partial charge in [0, 0.05) is 5.92 Å². The Kier molecular flexibility index (Phi) is 4.02. The molecule has 1 aliphatic carbocycles. The van der Waals surface area contributed by atoms with Crippen LogP contribution in [0.2, 0.25) is 0 Å². The summed E-state index contributed by atoms with van der Waals surface area (Å²) in [5.41, 5.74) is -0.308. The van der Waals surface area contributed by atoms with Gasteiger partial charge in [-0.1, -0.05) is 48.5 Å². The maximum absolute atomic E-state index is 12.1. The van der Waals surface area contributed by atoms with E-state index in [0.717, 1.165) is 5.56 Å². The Hall–Kier alpha value is -2.82. The predicted molar refractivity (Wildman–Crippen MR) is 84.2 cm³/mol. The Bertz CT molecular complexity index is 701. The Morgan fingerprint density at radius 3 is 2.30 bits per heavy atom. The van der Waals surface area contributed by atoms with Crippen LogP contribution in [0.3, 0.4) is 0 Å². The normalized spacial score (nSPS) is 22.2. The van der Waals surface area contributed by atoms with Crippen molar-refractivity contribution < 1.29 is 19.4 Å². The highest BCUT2D eigenvalue weighted by molar-refractivity contribution is 5.92. The number of nitrogens with one attached hydrogen (secondary N) is 1. The largest absolute Gasteiger partial charge is 0.484 e. The molecule has 1 fully saturated rings. The lowest BCUT2D eigenvalue weighted by atomic mass is 10.1. The van der Waals surface area contributed by atoms with Crippen LogP contribution in [0.5, 0.6) is 5.75 Å². The predicted octanol–water partition coefficient (Wildman–Crippen LogP) is 2.19. The number of hydrogen-bond acceptors (Lipinski definition) is 3. The molecule has 3 rings (SSSR count).